The summed E-state index contributed by atoms with van der Waals surface area (Å²) >= 11 is 11.8. The highest BCUT2D eigenvalue weighted by molar-refractivity contribution is 7.89. The van der Waals surface area contributed by atoms with Crippen LogP contribution in [0.5, 0.6) is 0 Å². The predicted molar refractivity (Wildman–Crippen MR) is 82.9 cm³/mol. The monoisotopic (exact) mass is 335 g/mol. The van der Waals surface area contributed by atoms with E-state index in [4.69, 9.17) is 23.2 Å². The number of sulfonamides is 1. The smallest absolute Gasteiger partial charge is 0.208 e. The maximum Gasteiger partial charge on any atom is 0.241 e. The number of nitrogens with one attached hydrogen (secondary N) is 1. The lowest BCUT2D eigenvalue weighted by Gasteiger charge is -2.29. The highest BCUT2D eigenvalue weighted by Gasteiger charge is 2.28. The molecule has 0 radical (unpaired) electrons. The lowest BCUT2D eigenvalue weighted by Crippen LogP contribution is -2.41. The van der Waals surface area contributed by atoms with Crippen molar-refractivity contribution in [2.75, 3.05) is 0 Å². The van der Waals surface area contributed by atoms with Gasteiger partial charge in [0, 0.05) is 6.04 Å². The molecular weight excluding hydrogens is 317 g/mol. The van der Waals surface area contributed by atoms with Crippen molar-refractivity contribution >= 4 is 33.2 Å². The molecule has 0 amide bonds. The van der Waals surface area contributed by atoms with E-state index in [-0.39, 0.29) is 16.0 Å². The van der Waals surface area contributed by atoms with Gasteiger partial charge in [0.05, 0.1) is 14.9 Å². The van der Waals surface area contributed by atoms with Gasteiger partial charge in [-0.25, -0.2) is 13.1 Å². The molecule has 6 heteroatoms. The van der Waals surface area contributed by atoms with Crippen LogP contribution < -0.4 is 4.72 Å². The molecule has 1 fully saturated rings. The largest absolute Gasteiger partial charge is 0.241 e. The standard InChI is InChI=1S/C14H19Cl2NO2S/c1-9-5-3-4-6-13(9)17-20(18,19)14-8-12(16)11(15)7-10(14)2/h7-9,13,17H,3-6H2,1-2H3/t9-,13+/m0/s1. The molecule has 1 aromatic carbocycles. The van der Waals surface area contributed by atoms with E-state index in [1.807, 2.05) is 0 Å². The zero-order valence-electron chi connectivity index (χ0n) is 11.6. The molecule has 1 aliphatic carbocycles. The zero-order valence-corrected chi connectivity index (χ0v) is 13.9. The Morgan fingerprint density at radius 1 is 1.15 bits per heavy atom. The fraction of sp³-hybridized carbons (Fsp3) is 0.571. The van der Waals surface area contributed by atoms with E-state index in [1.165, 1.54) is 12.5 Å². The van der Waals surface area contributed by atoms with Crippen molar-refractivity contribution < 1.29 is 8.42 Å². The predicted octanol–water partition coefficient (Wildman–Crippen LogP) is 4.16. The highest BCUT2D eigenvalue weighted by atomic mass is 35.5. The van der Waals surface area contributed by atoms with Crippen LogP contribution in [-0.4, -0.2) is 14.5 Å². The molecule has 2 rings (SSSR count). The first-order valence-electron chi connectivity index (χ1n) is 6.79. The summed E-state index contributed by atoms with van der Waals surface area (Å²) in [6.45, 7) is 3.81. The number of rotatable bonds is 3. The first-order chi connectivity index (χ1) is 9.31. The topological polar surface area (TPSA) is 46.2 Å². The summed E-state index contributed by atoms with van der Waals surface area (Å²) in [6, 6.07) is 3.01. The van der Waals surface area contributed by atoms with Gasteiger partial charge in [0.15, 0.2) is 0 Å². The van der Waals surface area contributed by atoms with Crippen LogP contribution >= 0.6 is 23.2 Å². The van der Waals surface area contributed by atoms with Crippen LogP contribution in [0.15, 0.2) is 17.0 Å². The second-order valence-corrected chi connectivity index (χ2v) is 8.02. The van der Waals surface area contributed by atoms with Crippen molar-refractivity contribution in [1.82, 2.24) is 4.72 Å². The van der Waals surface area contributed by atoms with Crippen LogP contribution in [0.25, 0.3) is 0 Å². The lowest BCUT2D eigenvalue weighted by molar-refractivity contribution is 0.310. The third-order valence-electron chi connectivity index (χ3n) is 3.93. The Morgan fingerprint density at radius 3 is 2.40 bits per heavy atom. The maximum atomic E-state index is 12.5. The Morgan fingerprint density at radius 2 is 1.75 bits per heavy atom. The van der Waals surface area contributed by atoms with Gasteiger partial charge in [0.2, 0.25) is 10.0 Å². The first kappa shape index (κ1) is 16.1. The van der Waals surface area contributed by atoms with Crippen molar-refractivity contribution in [2.24, 2.45) is 5.92 Å². The Kier molecular flexibility index (Phi) is 5.00. The van der Waals surface area contributed by atoms with Crippen molar-refractivity contribution in [2.45, 2.75) is 50.5 Å². The molecule has 0 heterocycles. The maximum absolute atomic E-state index is 12.5. The van der Waals surface area contributed by atoms with Gasteiger partial charge >= 0.3 is 0 Å². The molecule has 0 unspecified atom stereocenters. The number of aryl methyl sites for hydroxylation is 1. The number of benzene rings is 1. The van der Waals surface area contributed by atoms with Gasteiger partial charge in [-0.3, -0.25) is 0 Å². The fourth-order valence-electron chi connectivity index (χ4n) is 2.67. The Balaban J connectivity index is 2.28. The van der Waals surface area contributed by atoms with Crippen LogP contribution in [0.2, 0.25) is 10.0 Å². The molecule has 0 bridgehead atoms. The quantitative estimate of drug-likeness (QED) is 0.901. The molecule has 1 aliphatic rings. The second-order valence-electron chi connectivity index (χ2n) is 5.52. The minimum atomic E-state index is -3.56. The van der Waals surface area contributed by atoms with E-state index < -0.39 is 10.0 Å². The SMILES string of the molecule is Cc1cc(Cl)c(Cl)cc1S(=O)(=O)N[C@@H]1CCCC[C@@H]1C. The molecule has 1 aromatic rings. The molecular formula is C14H19Cl2NO2S. The van der Waals surface area contributed by atoms with Crippen LogP contribution in [0.1, 0.15) is 38.2 Å². The Bertz CT molecular complexity index is 601. The van der Waals surface area contributed by atoms with Gasteiger partial charge in [0.1, 0.15) is 0 Å². The summed E-state index contributed by atoms with van der Waals surface area (Å²) in [5.41, 5.74) is 0.607. The van der Waals surface area contributed by atoms with E-state index in [0.29, 0.717) is 16.5 Å². The van der Waals surface area contributed by atoms with Crippen LogP contribution in [0.3, 0.4) is 0 Å². The van der Waals surface area contributed by atoms with Gasteiger partial charge in [-0.1, -0.05) is 43.0 Å². The van der Waals surface area contributed by atoms with Crippen molar-refractivity contribution in [1.29, 1.82) is 0 Å². The van der Waals surface area contributed by atoms with E-state index in [9.17, 15) is 8.42 Å². The minimum absolute atomic E-state index is 0.00241. The average molecular weight is 336 g/mol. The van der Waals surface area contributed by atoms with Gasteiger partial charge in [-0.05, 0) is 43.4 Å². The molecule has 2 atom stereocenters. The summed E-state index contributed by atoms with van der Waals surface area (Å²) in [4.78, 5) is 0.213. The van der Waals surface area contributed by atoms with Crippen LogP contribution in [0, 0.1) is 12.8 Å². The lowest BCUT2D eigenvalue weighted by atomic mass is 9.87. The van der Waals surface area contributed by atoms with E-state index in [2.05, 4.69) is 11.6 Å². The van der Waals surface area contributed by atoms with Crippen LogP contribution in [-0.2, 0) is 10.0 Å². The number of hydrogen-bond donors (Lipinski definition) is 1. The summed E-state index contributed by atoms with van der Waals surface area (Å²) in [7, 11) is -3.56. The molecule has 0 aromatic heterocycles. The molecule has 20 heavy (non-hydrogen) atoms. The zero-order chi connectivity index (χ0) is 14.9. The molecule has 3 nitrogen and oxygen atoms in total. The van der Waals surface area contributed by atoms with Crippen molar-refractivity contribution in [3.8, 4) is 0 Å². The minimum Gasteiger partial charge on any atom is -0.208 e. The fourth-order valence-corrected chi connectivity index (χ4v) is 4.75. The van der Waals surface area contributed by atoms with E-state index >= 15 is 0 Å². The Hall–Kier alpha value is -0.290. The molecule has 0 aliphatic heterocycles. The van der Waals surface area contributed by atoms with E-state index in [0.717, 1.165) is 19.3 Å². The van der Waals surface area contributed by atoms with E-state index in [1.54, 1.807) is 13.0 Å². The van der Waals surface area contributed by atoms with Gasteiger partial charge < -0.3 is 0 Å². The van der Waals surface area contributed by atoms with Gasteiger partial charge in [0.25, 0.3) is 0 Å². The summed E-state index contributed by atoms with van der Waals surface area (Å²) in [5.74, 6) is 0.363. The van der Waals surface area contributed by atoms with Crippen molar-refractivity contribution in [3.63, 3.8) is 0 Å². The summed E-state index contributed by atoms with van der Waals surface area (Å²) in [6.07, 6.45) is 4.19. The van der Waals surface area contributed by atoms with Gasteiger partial charge in [-0.15, -0.1) is 0 Å². The molecule has 1 saturated carbocycles. The molecule has 112 valence electrons. The Labute approximate surface area is 130 Å². The second kappa shape index (κ2) is 6.22. The van der Waals surface area contributed by atoms with Gasteiger partial charge in [-0.2, -0.15) is 0 Å². The summed E-state index contributed by atoms with van der Waals surface area (Å²) in [5, 5.41) is 0.628. The average Bonchev–Trinajstić information content (AvgIpc) is 2.36. The number of halogens is 2. The third kappa shape index (κ3) is 3.48. The molecule has 0 saturated heterocycles. The molecule has 1 N–H and O–H groups in total. The molecule has 0 spiro atoms. The number of hydrogen-bond acceptors (Lipinski definition) is 2. The third-order valence-corrected chi connectivity index (χ3v) is 6.28. The first-order valence-corrected chi connectivity index (χ1v) is 9.03. The van der Waals surface area contributed by atoms with Crippen molar-refractivity contribution in [3.05, 3.63) is 27.7 Å². The normalized spacial score (nSPS) is 23.8. The summed E-state index contributed by atoms with van der Waals surface area (Å²) < 4.78 is 27.9. The highest BCUT2D eigenvalue weighted by Crippen LogP contribution is 2.30. The van der Waals surface area contributed by atoms with Crippen LogP contribution in [0.4, 0.5) is 0 Å².